The Hall–Kier alpha value is -0.730. The molecule has 2 unspecified atom stereocenters. The monoisotopic (exact) mass is 264 g/mol. The lowest BCUT2D eigenvalue weighted by Crippen LogP contribution is -2.47. The standard InChI is InChI=1S/C15H21ClN2/c1-15(2)10-17-13-7-8-18(9-11(13)15)14-6-4-3-5-12(14)16/h3-6,11,13,17H,7-10H2,1-2H3. The molecule has 0 aliphatic carbocycles. The number of nitrogens with zero attached hydrogens (tertiary/aromatic N) is 1. The van der Waals surface area contributed by atoms with Crippen molar-refractivity contribution in [3.05, 3.63) is 29.3 Å². The van der Waals surface area contributed by atoms with Crippen LogP contribution < -0.4 is 10.2 Å². The van der Waals surface area contributed by atoms with E-state index >= 15 is 0 Å². The van der Waals surface area contributed by atoms with Crippen LogP contribution in [0.3, 0.4) is 0 Å². The first-order valence-electron chi connectivity index (χ1n) is 6.81. The summed E-state index contributed by atoms with van der Waals surface area (Å²) in [4.78, 5) is 2.46. The van der Waals surface area contributed by atoms with Gasteiger partial charge in [0.05, 0.1) is 10.7 Å². The summed E-state index contributed by atoms with van der Waals surface area (Å²) in [5.41, 5.74) is 1.59. The van der Waals surface area contributed by atoms with E-state index in [1.807, 2.05) is 12.1 Å². The number of para-hydroxylation sites is 1. The van der Waals surface area contributed by atoms with Crippen molar-refractivity contribution in [3.63, 3.8) is 0 Å². The highest BCUT2D eigenvalue weighted by molar-refractivity contribution is 6.33. The zero-order chi connectivity index (χ0) is 12.8. The van der Waals surface area contributed by atoms with E-state index in [-0.39, 0.29) is 0 Å². The van der Waals surface area contributed by atoms with E-state index in [2.05, 4.69) is 36.2 Å². The van der Waals surface area contributed by atoms with Crippen LogP contribution in [0.4, 0.5) is 5.69 Å². The van der Waals surface area contributed by atoms with Crippen LogP contribution in [0.25, 0.3) is 0 Å². The summed E-state index contributed by atoms with van der Waals surface area (Å²) in [6, 6.07) is 8.89. The van der Waals surface area contributed by atoms with Gasteiger partial charge in [-0.05, 0) is 29.9 Å². The van der Waals surface area contributed by atoms with Gasteiger partial charge in [0.1, 0.15) is 0 Å². The van der Waals surface area contributed by atoms with Crippen LogP contribution in [-0.2, 0) is 0 Å². The summed E-state index contributed by atoms with van der Waals surface area (Å²) in [5.74, 6) is 0.725. The first kappa shape index (κ1) is 12.3. The van der Waals surface area contributed by atoms with Gasteiger partial charge in [-0.2, -0.15) is 0 Å². The van der Waals surface area contributed by atoms with Gasteiger partial charge in [0.25, 0.3) is 0 Å². The van der Waals surface area contributed by atoms with Crippen molar-refractivity contribution in [1.82, 2.24) is 5.32 Å². The Balaban J connectivity index is 1.83. The molecule has 2 heterocycles. The molecule has 1 aromatic carbocycles. The molecular weight excluding hydrogens is 244 g/mol. The predicted molar refractivity (Wildman–Crippen MR) is 77.3 cm³/mol. The fraction of sp³-hybridized carbons (Fsp3) is 0.600. The number of anilines is 1. The van der Waals surface area contributed by atoms with Crippen molar-refractivity contribution in [2.75, 3.05) is 24.5 Å². The predicted octanol–water partition coefficient (Wildman–Crippen LogP) is 3.16. The van der Waals surface area contributed by atoms with Gasteiger partial charge in [-0.1, -0.05) is 37.6 Å². The molecular formula is C15H21ClN2. The molecule has 2 fully saturated rings. The minimum absolute atomic E-state index is 0.393. The van der Waals surface area contributed by atoms with Crippen LogP contribution in [0, 0.1) is 11.3 Å². The van der Waals surface area contributed by atoms with Crippen LogP contribution in [0.5, 0.6) is 0 Å². The molecule has 0 radical (unpaired) electrons. The van der Waals surface area contributed by atoms with Gasteiger partial charge >= 0.3 is 0 Å². The summed E-state index contributed by atoms with van der Waals surface area (Å²) < 4.78 is 0. The van der Waals surface area contributed by atoms with Gasteiger partial charge in [-0.3, -0.25) is 0 Å². The molecule has 2 aliphatic rings. The minimum Gasteiger partial charge on any atom is -0.370 e. The lowest BCUT2D eigenvalue weighted by Gasteiger charge is -2.41. The molecule has 98 valence electrons. The number of hydrogen-bond acceptors (Lipinski definition) is 2. The molecule has 2 aliphatic heterocycles. The summed E-state index contributed by atoms with van der Waals surface area (Å²) in [6.07, 6.45) is 1.22. The van der Waals surface area contributed by atoms with Gasteiger partial charge in [-0.15, -0.1) is 0 Å². The maximum atomic E-state index is 6.31. The Morgan fingerprint density at radius 3 is 2.89 bits per heavy atom. The highest BCUT2D eigenvalue weighted by Crippen LogP contribution is 2.40. The van der Waals surface area contributed by atoms with Crippen LogP contribution >= 0.6 is 11.6 Å². The molecule has 3 heteroatoms. The van der Waals surface area contributed by atoms with Crippen LogP contribution in [0.1, 0.15) is 20.3 Å². The number of benzene rings is 1. The quantitative estimate of drug-likeness (QED) is 0.838. The SMILES string of the molecule is CC1(C)CNC2CCN(c3ccccc3Cl)CC21. The number of hydrogen-bond donors (Lipinski definition) is 1. The number of halogens is 1. The smallest absolute Gasteiger partial charge is 0.0639 e. The van der Waals surface area contributed by atoms with Crippen molar-refractivity contribution < 1.29 is 0 Å². The normalized spacial score (nSPS) is 30.3. The van der Waals surface area contributed by atoms with Crippen LogP contribution in [0.15, 0.2) is 24.3 Å². The van der Waals surface area contributed by atoms with E-state index in [9.17, 15) is 0 Å². The Kier molecular flexibility index (Phi) is 3.03. The zero-order valence-electron chi connectivity index (χ0n) is 11.1. The average molecular weight is 265 g/mol. The Morgan fingerprint density at radius 1 is 1.33 bits per heavy atom. The number of fused-ring (bicyclic) bond motifs is 1. The van der Waals surface area contributed by atoms with Crippen molar-refractivity contribution in [1.29, 1.82) is 0 Å². The first-order valence-corrected chi connectivity index (χ1v) is 7.18. The van der Waals surface area contributed by atoms with Crippen molar-refractivity contribution in [3.8, 4) is 0 Å². The lowest BCUT2D eigenvalue weighted by atomic mass is 9.76. The molecule has 0 amide bonds. The number of rotatable bonds is 1. The molecule has 1 aromatic rings. The van der Waals surface area contributed by atoms with Crippen molar-refractivity contribution in [2.45, 2.75) is 26.3 Å². The number of nitrogens with one attached hydrogen (secondary N) is 1. The Morgan fingerprint density at radius 2 is 2.11 bits per heavy atom. The van der Waals surface area contributed by atoms with E-state index < -0.39 is 0 Å². The summed E-state index contributed by atoms with van der Waals surface area (Å²) in [6.45, 7) is 8.11. The second kappa shape index (κ2) is 4.43. The highest BCUT2D eigenvalue weighted by Gasteiger charge is 2.44. The topological polar surface area (TPSA) is 15.3 Å². The molecule has 18 heavy (non-hydrogen) atoms. The summed E-state index contributed by atoms with van der Waals surface area (Å²) in [7, 11) is 0. The van der Waals surface area contributed by atoms with E-state index in [1.165, 1.54) is 12.1 Å². The lowest BCUT2D eigenvalue weighted by molar-refractivity contribution is 0.237. The molecule has 0 saturated carbocycles. The van der Waals surface area contributed by atoms with Gasteiger partial charge in [0, 0.05) is 25.7 Å². The maximum absolute atomic E-state index is 6.31. The van der Waals surface area contributed by atoms with Crippen molar-refractivity contribution >= 4 is 17.3 Å². The zero-order valence-corrected chi connectivity index (χ0v) is 11.9. The molecule has 0 spiro atoms. The van der Waals surface area contributed by atoms with Crippen molar-refractivity contribution in [2.24, 2.45) is 11.3 Å². The molecule has 0 aromatic heterocycles. The van der Waals surface area contributed by atoms with Crippen LogP contribution in [0.2, 0.25) is 5.02 Å². The maximum Gasteiger partial charge on any atom is 0.0639 e. The first-order chi connectivity index (χ1) is 8.58. The molecule has 2 nitrogen and oxygen atoms in total. The largest absolute Gasteiger partial charge is 0.370 e. The molecule has 1 N–H and O–H groups in total. The molecule has 0 bridgehead atoms. The Bertz CT molecular complexity index is 444. The average Bonchev–Trinajstić information content (AvgIpc) is 2.66. The fourth-order valence-corrected chi connectivity index (χ4v) is 3.70. The highest BCUT2D eigenvalue weighted by atomic mass is 35.5. The molecule has 2 atom stereocenters. The summed E-state index contributed by atoms with van der Waals surface area (Å²) >= 11 is 6.31. The van der Waals surface area contributed by atoms with Gasteiger partial charge < -0.3 is 10.2 Å². The van der Waals surface area contributed by atoms with Gasteiger partial charge in [0.15, 0.2) is 0 Å². The van der Waals surface area contributed by atoms with E-state index in [4.69, 9.17) is 11.6 Å². The van der Waals surface area contributed by atoms with Crippen LogP contribution in [-0.4, -0.2) is 25.7 Å². The molecule has 2 saturated heterocycles. The fourth-order valence-electron chi connectivity index (χ4n) is 3.44. The summed E-state index contributed by atoms with van der Waals surface area (Å²) in [5, 5.41) is 4.55. The van der Waals surface area contributed by atoms with Gasteiger partial charge in [-0.25, -0.2) is 0 Å². The number of piperidine rings is 1. The van der Waals surface area contributed by atoms with E-state index in [0.29, 0.717) is 11.5 Å². The third kappa shape index (κ3) is 2.02. The Labute approximate surface area is 114 Å². The van der Waals surface area contributed by atoms with E-state index in [0.717, 1.165) is 30.6 Å². The third-order valence-corrected chi connectivity index (χ3v) is 4.95. The molecule has 3 rings (SSSR count). The van der Waals surface area contributed by atoms with E-state index in [1.54, 1.807) is 0 Å². The second-order valence-corrected chi connectivity index (χ2v) is 6.68. The van der Waals surface area contributed by atoms with Gasteiger partial charge in [0.2, 0.25) is 0 Å². The third-order valence-electron chi connectivity index (χ3n) is 4.63. The second-order valence-electron chi connectivity index (χ2n) is 6.27. The minimum atomic E-state index is 0.393.